The molecule has 2 fully saturated rings. The second kappa shape index (κ2) is 12.8. The fraction of sp³-hybridized carbons (Fsp3) is 1.00. The lowest BCUT2D eigenvalue weighted by Crippen LogP contribution is -2.54. The van der Waals surface area contributed by atoms with Crippen molar-refractivity contribution in [2.75, 3.05) is 13.2 Å². The minimum Gasteiger partial charge on any atom is -0.388 e. The van der Waals surface area contributed by atoms with E-state index in [1.165, 1.54) is 12.8 Å². The van der Waals surface area contributed by atoms with Crippen LogP contribution in [0.25, 0.3) is 0 Å². The summed E-state index contributed by atoms with van der Waals surface area (Å²) < 4.78 is 12.0. The molecule has 0 radical (unpaired) electrons. The van der Waals surface area contributed by atoms with Crippen molar-refractivity contribution in [2.45, 2.75) is 125 Å². The third kappa shape index (κ3) is 8.40. The van der Waals surface area contributed by atoms with Crippen molar-refractivity contribution in [3.05, 3.63) is 0 Å². The first kappa shape index (κ1) is 32.0. The van der Waals surface area contributed by atoms with Gasteiger partial charge in [0.15, 0.2) is 0 Å². The van der Waals surface area contributed by atoms with Crippen molar-refractivity contribution in [1.29, 1.82) is 0 Å². The molecule has 2 aliphatic carbocycles. The largest absolute Gasteiger partial charge is 0.388 e. The molecule has 0 aliphatic heterocycles. The highest BCUT2D eigenvalue weighted by atomic mass is 79.9. The van der Waals surface area contributed by atoms with Crippen LogP contribution in [0.4, 0.5) is 0 Å². The Morgan fingerprint density at radius 3 is 1.62 bits per heavy atom. The van der Waals surface area contributed by atoms with E-state index in [2.05, 4.69) is 119 Å². The van der Waals surface area contributed by atoms with Crippen LogP contribution in [-0.4, -0.2) is 55.4 Å². The standard InChI is InChI=1S/C27H48Br4O3/c1-9-26(5,6)34-15-17(32)14-33-18-12-21(30)24(22(31)13-18)27(7,8)23-19(28)10-16(11-20(23)29)25(2,3)4/h16-24,32H,9-15H2,1-8H3. The second-order valence-corrected chi connectivity index (χ2v) is 17.7. The van der Waals surface area contributed by atoms with Gasteiger partial charge in [-0.15, -0.1) is 0 Å². The van der Waals surface area contributed by atoms with Gasteiger partial charge in [-0.3, -0.25) is 0 Å². The van der Waals surface area contributed by atoms with Crippen LogP contribution in [0.2, 0.25) is 0 Å². The fourth-order valence-corrected chi connectivity index (χ4v) is 12.7. The molecule has 5 unspecified atom stereocenters. The zero-order chi connectivity index (χ0) is 26.1. The molecule has 2 aliphatic rings. The Bertz CT molecular complexity index is 612. The van der Waals surface area contributed by atoms with Crippen LogP contribution in [-0.2, 0) is 9.47 Å². The number of aliphatic hydroxyl groups excluding tert-OH is 1. The van der Waals surface area contributed by atoms with Gasteiger partial charge in [-0.25, -0.2) is 0 Å². The summed E-state index contributed by atoms with van der Waals surface area (Å²) in [5, 5.41) is 10.4. The zero-order valence-electron chi connectivity index (χ0n) is 22.4. The maximum Gasteiger partial charge on any atom is 0.101 e. The van der Waals surface area contributed by atoms with Gasteiger partial charge in [0, 0.05) is 19.3 Å². The first-order valence-electron chi connectivity index (χ1n) is 13.0. The number of aliphatic hydroxyl groups is 1. The highest BCUT2D eigenvalue weighted by Gasteiger charge is 2.53. The van der Waals surface area contributed by atoms with Crippen molar-refractivity contribution in [2.24, 2.45) is 28.6 Å². The highest BCUT2D eigenvalue weighted by molar-refractivity contribution is 9.10. The second-order valence-electron chi connectivity index (χ2n) is 13.0. The number of hydrogen-bond donors (Lipinski definition) is 1. The lowest BCUT2D eigenvalue weighted by molar-refractivity contribution is -0.0959. The first-order chi connectivity index (χ1) is 15.5. The van der Waals surface area contributed by atoms with E-state index in [1.54, 1.807) is 0 Å². The van der Waals surface area contributed by atoms with Crippen LogP contribution in [0.5, 0.6) is 0 Å². The molecule has 3 nitrogen and oxygen atoms in total. The third-order valence-electron chi connectivity index (χ3n) is 8.54. The minimum atomic E-state index is -0.594. The predicted octanol–water partition coefficient (Wildman–Crippen LogP) is 8.50. The molecule has 0 aromatic carbocycles. The van der Waals surface area contributed by atoms with Crippen LogP contribution in [0.1, 0.15) is 87.5 Å². The van der Waals surface area contributed by atoms with Crippen LogP contribution in [0.3, 0.4) is 0 Å². The molecule has 0 amide bonds. The van der Waals surface area contributed by atoms with Crippen molar-refractivity contribution in [1.82, 2.24) is 0 Å². The summed E-state index contributed by atoms with van der Waals surface area (Å²) in [6.07, 6.45) is 4.83. The maximum atomic E-state index is 10.4. The monoisotopic (exact) mass is 736 g/mol. The van der Waals surface area contributed by atoms with E-state index < -0.39 is 6.10 Å². The normalized spacial score (nSPS) is 37.0. The van der Waals surface area contributed by atoms with Gasteiger partial charge < -0.3 is 14.6 Å². The van der Waals surface area contributed by atoms with E-state index in [0.717, 1.165) is 25.2 Å². The third-order valence-corrected chi connectivity index (χ3v) is 12.3. The van der Waals surface area contributed by atoms with Crippen LogP contribution in [0.15, 0.2) is 0 Å². The molecule has 202 valence electrons. The van der Waals surface area contributed by atoms with E-state index >= 15 is 0 Å². The van der Waals surface area contributed by atoms with Gasteiger partial charge in [-0.05, 0) is 74.5 Å². The van der Waals surface area contributed by atoms with Crippen LogP contribution < -0.4 is 0 Å². The van der Waals surface area contributed by atoms with E-state index in [-0.39, 0.29) is 17.1 Å². The van der Waals surface area contributed by atoms with Gasteiger partial charge in [0.05, 0.1) is 24.9 Å². The number of halogens is 4. The molecular weight excluding hydrogens is 692 g/mol. The van der Waals surface area contributed by atoms with Crippen molar-refractivity contribution in [3.8, 4) is 0 Å². The molecule has 0 spiro atoms. The van der Waals surface area contributed by atoms with E-state index in [1.807, 2.05) is 0 Å². The molecule has 7 heteroatoms. The Kier molecular flexibility index (Phi) is 12.0. The fourth-order valence-electron chi connectivity index (χ4n) is 5.93. The lowest BCUT2D eigenvalue weighted by Gasteiger charge is -2.54. The summed E-state index contributed by atoms with van der Waals surface area (Å²) >= 11 is 16.4. The molecule has 34 heavy (non-hydrogen) atoms. The summed E-state index contributed by atoms with van der Waals surface area (Å²) in [4.78, 5) is 1.72. The Labute approximate surface area is 243 Å². The maximum absolute atomic E-state index is 10.4. The molecule has 0 aromatic heterocycles. The minimum absolute atomic E-state index is 0.130. The number of hydrogen-bond acceptors (Lipinski definition) is 3. The Balaban J connectivity index is 1.98. The van der Waals surface area contributed by atoms with Gasteiger partial charge in [-0.2, -0.15) is 0 Å². The van der Waals surface area contributed by atoms with Gasteiger partial charge in [0.1, 0.15) is 6.10 Å². The van der Waals surface area contributed by atoms with Crippen LogP contribution >= 0.6 is 63.7 Å². The Morgan fingerprint density at radius 2 is 1.21 bits per heavy atom. The average molecular weight is 740 g/mol. The summed E-state index contributed by atoms with van der Waals surface area (Å²) in [5.74, 6) is 1.76. The van der Waals surface area contributed by atoms with Crippen molar-refractivity contribution >= 4 is 63.7 Å². The van der Waals surface area contributed by atoms with E-state index in [9.17, 15) is 5.11 Å². The first-order valence-corrected chi connectivity index (χ1v) is 16.7. The van der Waals surface area contributed by atoms with Crippen molar-refractivity contribution < 1.29 is 14.6 Å². The number of alkyl halides is 4. The molecule has 1 N–H and O–H groups in total. The summed E-state index contributed by atoms with van der Waals surface area (Å²) in [6, 6.07) is 0. The quantitative estimate of drug-likeness (QED) is 0.241. The molecular formula is C27H48Br4O3. The van der Waals surface area contributed by atoms with Gasteiger partial charge in [-0.1, -0.05) is 105 Å². The zero-order valence-corrected chi connectivity index (χ0v) is 28.8. The molecule has 2 rings (SSSR count). The Morgan fingerprint density at radius 1 is 0.765 bits per heavy atom. The number of rotatable bonds is 9. The van der Waals surface area contributed by atoms with Gasteiger partial charge in [0.2, 0.25) is 0 Å². The predicted molar refractivity (Wildman–Crippen MR) is 159 cm³/mol. The van der Waals surface area contributed by atoms with E-state index in [4.69, 9.17) is 9.47 Å². The highest BCUT2D eigenvalue weighted by Crippen LogP contribution is 2.57. The molecule has 0 bridgehead atoms. The van der Waals surface area contributed by atoms with Crippen LogP contribution in [0, 0.1) is 28.6 Å². The molecule has 0 saturated heterocycles. The van der Waals surface area contributed by atoms with Gasteiger partial charge in [0.25, 0.3) is 0 Å². The summed E-state index contributed by atoms with van der Waals surface area (Å²) in [7, 11) is 0. The molecule has 0 heterocycles. The number of ether oxygens (including phenoxy) is 2. The topological polar surface area (TPSA) is 38.7 Å². The smallest absolute Gasteiger partial charge is 0.101 e. The Hall–Kier alpha value is 1.80. The summed E-state index contributed by atoms with van der Waals surface area (Å²) in [6.45, 7) is 18.9. The van der Waals surface area contributed by atoms with Gasteiger partial charge >= 0.3 is 0 Å². The van der Waals surface area contributed by atoms with E-state index in [0.29, 0.717) is 49.8 Å². The van der Waals surface area contributed by atoms with Crippen molar-refractivity contribution in [3.63, 3.8) is 0 Å². The summed E-state index contributed by atoms with van der Waals surface area (Å²) in [5.41, 5.74) is 0.261. The SMILES string of the molecule is CCC(C)(C)OCC(O)COC1CC(Br)C(C(C)(C)C2C(Br)CC(C(C)(C)C)CC2Br)C(Br)C1. The lowest BCUT2D eigenvalue weighted by atomic mass is 9.58. The molecule has 2 saturated carbocycles. The molecule has 0 aromatic rings. The molecule has 5 atom stereocenters. The average Bonchev–Trinajstić information content (AvgIpc) is 2.68.